The number of anilines is 1. The predicted molar refractivity (Wildman–Crippen MR) is 163 cm³/mol. The van der Waals surface area contributed by atoms with Gasteiger partial charge >= 0.3 is 6.18 Å². The lowest BCUT2D eigenvalue weighted by Gasteiger charge is -2.34. The number of nitrogens with zero attached hydrogens (tertiary/aromatic N) is 2. The van der Waals surface area contributed by atoms with E-state index in [0.29, 0.717) is 28.1 Å². The number of ether oxygens (including phenoxy) is 1. The van der Waals surface area contributed by atoms with Crippen molar-refractivity contribution in [3.8, 4) is 5.75 Å². The highest BCUT2D eigenvalue weighted by molar-refractivity contribution is 7.92. The van der Waals surface area contributed by atoms with Gasteiger partial charge in [-0.2, -0.15) is 13.2 Å². The molecule has 2 amide bonds. The Balaban J connectivity index is 2.14. The van der Waals surface area contributed by atoms with E-state index >= 15 is 0 Å². The smallest absolute Gasteiger partial charge is 0.416 e. The summed E-state index contributed by atoms with van der Waals surface area (Å²) >= 11 is 6.30. The van der Waals surface area contributed by atoms with E-state index in [1.54, 1.807) is 37.3 Å². The van der Waals surface area contributed by atoms with Crippen molar-refractivity contribution in [3.05, 3.63) is 88.9 Å². The number of amides is 2. The molecule has 0 radical (unpaired) electrons. The third-order valence-electron chi connectivity index (χ3n) is 7.05. The van der Waals surface area contributed by atoms with E-state index in [0.717, 1.165) is 12.1 Å². The first-order chi connectivity index (χ1) is 20.7. The standard InChI is InChI=1S/C31H35ClF3N3O5S/c1-5-21(3)36-30(40)27(6-2)37(19-22-12-15-24(43-4)16-13-22)29(39)20-38(44(41,42)25-10-8-7-9-11-25)28-18-23(31(33,34)35)14-17-26(28)32/h7-18,21,27H,5-6,19-20H2,1-4H3,(H,36,40)/t21-,27+/m0/s1. The minimum Gasteiger partial charge on any atom is -0.497 e. The van der Waals surface area contributed by atoms with Gasteiger partial charge in [0.25, 0.3) is 10.0 Å². The van der Waals surface area contributed by atoms with Crippen molar-refractivity contribution in [2.45, 2.75) is 63.3 Å². The monoisotopic (exact) mass is 653 g/mol. The molecule has 1 N–H and O–H groups in total. The van der Waals surface area contributed by atoms with Crippen molar-refractivity contribution in [2.75, 3.05) is 18.0 Å². The second kappa shape index (κ2) is 14.8. The lowest BCUT2D eigenvalue weighted by molar-refractivity contribution is -0.140. The van der Waals surface area contributed by atoms with Crippen LogP contribution in [0.5, 0.6) is 5.75 Å². The average Bonchev–Trinajstić information content (AvgIpc) is 3.00. The molecule has 238 valence electrons. The number of hydrogen-bond acceptors (Lipinski definition) is 5. The van der Waals surface area contributed by atoms with Gasteiger partial charge in [-0.15, -0.1) is 0 Å². The van der Waals surface area contributed by atoms with Gasteiger partial charge < -0.3 is 15.0 Å². The third kappa shape index (κ3) is 8.44. The van der Waals surface area contributed by atoms with Crippen LogP contribution in [0.15, 0.2) is 77.7 Å². The fourth-order valence-corrected chi connectivity index (χ4v) is 6.12. The molecular formula is C31H35ClF3N3O5S. The van der Waals surface area contributed by atoms with E-state index in [-0.39, 0.29) is 28.9 Å². The van der Waals surface area contributed by atoms with Crippen molar-refractivity contribution in [1.82, 2.24) is 10.2 Å². The number of rotatable bonds is 13. The van der Waals surface area contributed by atoms with Crippen LogP contribution in [0.3, 0.4) is 0 Å². The molecule has 3 aromatic carbocycles. The van der Waals surface area contributed by atoms with E-state index < -0.39 is 51.9 Å². The topological polar surface area (TPSA) is 96.0 Å². The molecule has 2 atom stereocenters. The zero-order valence-electron chi connectivity index (χ0n) is 24.8. The SMILES string of the molecule is CC[C@H](C(=O)N[C@@H](C)CC)N(Cc1ccc(OC)cc1)C(=O)CN(c1cc(C(F)(F)F)ccc1Cl)S(=O)(=O)c1ccccc1. The van der Waals surface area contributed by atoms with Crippen molar-refractivity contribution >= 4 is 39.1 Å². The number of sulfonamides is 1. The Labute approximate surface area is 260 Å². The van der Waals surface area contributed by atoms with Crippen LogP contribution in [-0.2, 0) is 32.3 Å². The third-order valence-corrected chi connectivity index (χ3v) is 9.14. The number of halogens is 4. The molecule has 0 aliphatic carbocycles. The molecule has 44 heavy (non-hydrogen) atoms. The van der Waals surface area contributed by atoms with Crippen molar-refractivity contribution in [1.29, 1.82) is 0 Å². The Morgan fingerprint density at radius 3 is 2.16 bits per heavy atom. The molecule has 3 aromatic rings. The summed E-state index contributed by atoms with van der Waals surface area (Å²) in [5.41, 5.74) is -1.06. The Morgan fingerprint density at radius 1 is 0.977 bits per heavy atom. The van der Waals surface area contributed by atoms with Crippen LogP contribution in [-0.4, -0.2) is 50.9 Å². The molecule has 0 spiro atoms. The Morgan fingerprint density at radius 2 is 1.61 bits per heavy atom. The second-order valence-electron chi connectivity index (χ2n) is 10.1. The summed E-state index contributed by atoms with van der Waals surface area (Å²) in [6.07, 6.45) is -4.00. The molecule has 3 rings (SSSR count). The van der Waals surface area contributed by atoms with E-state index in [9.17, 15) is 31.2 Å². The molecule has 0 unspecified atom stereocenters. The molecule has 0 aromatic heterocycles. The summed E-state index contributed by atoms with van der Waals surface area (Å²) in [6, 6.07) is 14.8. The van der Waals surface area contributed by atoms with Crippen LogP contribution in [0.2, 0.25) is 5.02 Å². The van der Waals surface area contributed by atoms with Gasteiger partial charge in [-0.3, -0.25) is 13.9 Å². The summed E-state index contributed by atoms with van der Waals surface area (Å²) in [5, 5.41) is 2.55. The van der Waals surface area contributed by atoms with Crippen LogP contribution in [0, 0.1) is 0 Å². The second-order valence-corrected chi connectivity index (χ2v) is 12.4. The summed E-state index contributed by atoms with van der Waals surface area (Å²) in [4.78, 5) is 28.5. The number of benzene rings is 3. The van der Waals surface area contributed by atoms with Gasteiger partial charge in [0.1, 0.15) is 18.3 Å². The lowest BCUT2D eigenvalue weighted by atomic mass is 10.1. The number of hydrogen-bond donors (Lipinski definition) is 1. The maximum Gasteiger partial charge on any atom is 0.416 e. The quantitative estimate of drug-likeness (QED) is 0.234. The zero-order valence-corrected chi connectivity index (χ0v) is 26.3. The van der Waals surface area contributed by atoms with Gasteiger partial charge in [0, 0.05) is 12.6 Å². The molecule has 0 fully saturated rings. The Bertz CT molecular complexity index is 1540. The summed E-state index contributed by atoms with van der Waals surface area (Å²) in [7, 11) is -3.11. The van der Waals surface area contributed by atoms with Crippen LogP contribution in [0.4, 0.5) is 18.9 Å². The van der Waals surface area contributed by atoms with Gasteiger partial charge in [-0.05, 0) is 67.8 Å². The Kier molecular flexibility index (Phi) is 11.7. The largest absolute Gasteiger partial charge is 0.497 e. The molecule has 0 bridgehead atoms. The molecule has 13 heteroatoms. The van der Waals surface area contributed by atoms with Gasteiger partial charge in [0.05, 0.1) is 28.3 Å². The highest BCUT2D eigenvalue weighted by Crippen LogP contribution is 2.37. The van der Waals surface area contributed by atoms with Gasteiger partial charge in [-0.1, -0.05) is 55.8 Å². The first-order valence-corrected chi connectivity index (χ1v) is 15.7. The summed E-state index contributed by atoms with van der Waals surface area (Å²) < 4.78 is 74.7. The van der Waals surface area contributed by atoms with Gasteiger partial charge in [-0.25, -0.2) is 8.42 Å². The number of alkyl halides is 3. The molecular weight excluding hydrogens is 619 g/mol. The predicted octanol–water partition coefficient (Wildman–Crippen LogP) is 6.28. The maximum atomic E-state index is 14.1. The lowest BCUT2D eigenvalue weighted by Crippen LogP contribution is -2.53. The van der Waals surface area contributed by atoms with Crippen LogP contribution >= 0.6 is 11.6 Å². The number of carbonyl (C=O) groups excluding carboxylic acids is 2. The highest BCUT2D eigenvalue weighted by atomic mass is 35.5. The summed E-state index contributed by atoms with van der Waals surface area (Å²) in [5.74, 6) is -0.703. The van der Waals surface area contributed by atoms with E-state index in [4.69, 9.17) is 16.3 Å². The first-order valence-electron chi connectivity index (χ1n) is 13.9. The van der Waals surface area contributed by atoms with Crippen molar-refractivity contribution < 1.29 is 35.9 Å². The number of methoxy groups -OCH3 is 1. The number of nitrogens with one attached hydrogen (secondary N) is 1. The van der Waals surface area contributed by atoms with Gasteiger partial charge in [0.2, 0.25) is 11.8 Å². The van der Waals surface area contributed by atoms with E-state index in [1.165, 1.54) is 36.3 Å². The molecule has 0 aliphatic rings. The minimum absolute atomic E-state index is 0.0925. The van der Waals surface area contributed by atoms with Crippen LogP contribution < -0.4 is 14.4 Å². The zero-order chi connectivity index (χ0) is 32.7. The molecule has 0 saturated heterocycles. The minimum atomic E-state index is -4.81. The van der Waals surface area contributed by atoms with E-state index in [2.05, 4.69) is 5.32 Å². The molecule has 0 saturated carbocycles. The molecule has 8 nitrogen and oxygen atoms in total. The van der Waals surface area contributed by atoms with Gasteiger partial charge in [0.15, 0.2) is 0 Å². The van der Waals surface area contributed by atoms with Crippen molar-refractivity contribution in [2.24, 2.45) is 0 Å². The maximum absolute atomic E-state index is 14.1. The molecule has 0 aliphatic heterocycles. The fourth-order valence-electron chi connectivity index (χ4n) is 4.40. The average molecular weight is 654 g/mol. The number of carbonyl (C=O) groups is 2. The highest BCUT2D eigenvalue weighted by Gasteiger charge is 2.37. The van der Waals surface area contributed by atoms with Crippen molar-refractivity contribution in [3.63, 3.8) is 0 Å². The Hall–Kier alpha value is -3.77. The first kappa shape index (κ1) is 34.7. The fraction of sp³-hybridized carbons (Fsp3) is 0.355. The molecule has 0 heterocycles. The normalized spacial score (nSPS) is 13.1. The van der Waals surface area contributed by atoms with Crippen LogP contribution in [0.1, 0.15) is 44.7 Å². The summed E-state index contributed by atoms with van der Waals surface area (Å²) in [6.45, 7) is 4.38. The van der Waals surface area contributed by atoms with Crippen LogP contribution in [0.25, 0.3) is 0 Å². The van der Waals surface area contributed by atoms with E-state index in [1.807, 2.05) is 13.8 Å².